The number of nitrogens with one attached hydrogen (secondary N) is 2. The van der Waals surface area contributed by atoms with Crippen LogP contribution in [0.15, 0.2) is 54.7 Å². The zero-order chi connectivity index (χ0) is 24.6. The van der Waals surface area contributed by atoms with Gasteiger partial charge in [-0.25, -0.2) is 9.97 Å². The van der Waals surface area contributed by atoms with Crippen molar-refractivity contribution in [2.24, 2.45) is 0 Å². The molecule has 1 saturated heterocycles. The van der Waals surface area contributed by atoms with Crippen molar-refractivity contribution in [2.45, 2.75) is 6.92 Å². The van der Waals surface area contributed by atoms with Gasteiger partial charge in [0, 0.05) is 49.4 Å². The van der Waals surface area contributed by atoms with Crippen LogP contribution >= 0.6 is 11.3 Å². The van der Waals surface area contributed by atoms with Crippen LogP contribution in [-0.4, -0.2) is 59.4 Å². The van der Waals surface area contributed by atoms with Crippen LogP contribution in [0.4, 0.5) is 22.2 Å². The number of thiophene rings is 1. The van der Waals surface area contributed by atoms with Gasteiger partial charge in [0.25, 0.3) is 0 Å². The average Bonchev–Trinajstić information content (AvgIpc) is 3.55. The first-order valence-electron chi connectivity index (χ1n) is 11.7. The highest BCUT2D eigenvalue weighted by Gasteiger charge is 2.22. The fourth-order valence-corrected chi connectivity index (χ4v) is 5.56. The molecule has 9 nitrogen and oxygen atoms in total. The Morgan fingerprint density at radius 3 is 2.81 bits per heavy atom. The van der Waals surface area contributed by atoms with E-state index in [1.807, 2.05) is 55.7 Å². The number of aromatic nitrogens is 4. The molecule has 2 N–H and O–H groups in total. The number of rotatable bonds is 5. The number of anilines is 4. The SMILES string of the molecule is CC(=O)Nc1cccc(N(C)c2cc3nc(-c4cccc5[nH]ncc45)nc(N4CCOCC4)c3s2)c1. The Kier molecular flexibility index (Phi) is 5.74. The van der Waals surface area contributed by atoms with Crippen molar-refractivity contribution in [2.75, 3.05) is 48.5 Å². The normalized spacial score (nSPS) is 13.9. The predicted octanol–water partition coefficient (Wildman–Crippen LogP) is 4.80. The number of carbonyl (C=O) groups is 1. The zero-order valence-electron chi connectivity index (χ0n) is 20.0. The van der Waals surface area contributed by atoms with Crippen LogP contribution in [-0.2, 0) is 9.53 Å². The number of amides is 1. The smallest absolute Gasteiger partial charge is 0.221 e. The molecular formula is C26H25N7O2S. The van der Waals surface area contributed by atoms with Crippen LogP contribution in [0.25, 0.3) is 32.5 Å². The molecule has 1 aliphatic heterocycles. The number of ether oxygens (including phenoxy) is 1. The van der Waals surface area contributed by atoms with E-state index in [2.05, 4.69) is 31.4 Å². The van der Waals surface area contributed by atoms with Gasteiger partial charge in [0.15, 0.2) is 11.6 Å². The van der Waals surface area contributed by atoms with Crippen molar-refractivity contribution in [1.29, 1.82) is 0 Å². The first-order valence-corrected chi connectivity index (χ1v) is 12.6. The lowest BCUT2D eigenvalue weighted by Crippen LogP contribution is -2.36. The molecule has 0 aliphatic carbocycles. The first kappa shape index (κ1) is 22.4. The Balaban J connectivity index is 1.47. The van der Waals surface area contributed by atoms with Gasteiger partial charge in [0.05, 0.1) is 40.1 Å². The number of morpholine rings is 1. The molecule has 0 bridgehead atoms. The van der Waals surface area contributed by atoms with Crippen LogP contribution in [0.2, 0.25) is 0 Å². The quantitative estimate of drug-likeness (QED) is 0.358. The summed E-state index contributed by atoms with van der Waals surface area (Å²) in [6.07, 6.45) is 1.82. The highest BCUT2D eigenvalue weighted by molar-refractivity contribution is 7.23. The Morgan fingerprint density at radius 2 is 1.97 bits per heavy atom. The average molecular weight is 500 g/mol. The third kappa shape index (κ3) is 4.14. The van der Waals surface area contributed by atoms with Crippen molar-refractivity contribution in [3.63, 3.8) is 0 Å². The minimum atomic E-state index is -0.0951. The van der Waals surface area contributed by atoms with Crippen LogP contribution in [0.5, 0.6) is 0 Å². The third-order valence-corrected chi connectivity index (χ3v) is 7.46. The lowest BCUT2D eigenvalue weighted by molar-refractivity contribution is -0.114. The summed E-state index contributed by atoms with van der Waals surface area (Å²) in [5.41, 5.74) is 4.52. The van der Waals surface area contributed by atoms with Gasteiger partial charge in [-0.1, -0.05) is 18.2 Å². The van der Waals surface area contributed by atoms with Crippen LogP contribution in [0, 0.1) is 0 Å². The van der Waals surface area contributed by atoms with Crippen molar-refractivity contribution >= 4 is 60.6 Å². The van der Waals surface area contributed by atoms with E-state index in [1.54, 1.807) is 11.3 Å². The Bertz CT molecular complexity index is 1570. The molecular weight excluding hydrogens is 474 g/mol. The fraction of sp³-hybridized carbons (Fsp3) is 0.231. The monoisotopic (exact) mass is 499 g/mol. The van der Waals surface area contributed by atoms with Gasteiger partial charge in [-0.2, -0.15) is 5.10 Å². The van der Waals surface area contributed by atoms with Gasteiger partial charge >= 0.3 is 0 Å². The number of hydrogen-bond acceptors (Lipinski definition) is 8. The van der Waals surface area contributed by atoms with Gasteiger partial charge in [-0.15, -0.1) is 11.3 Å². The number of aromatic amines is 1. The highest BCUT2D eigenvalue weighted by atomic mass is 32.1. The molecule has 0 saturated carbocycles. The maximum atomic E-state index is 11.5. The van der Waals surface area contributed by atoms with E-state index in [0.29, 0.717) is 19.0 Å². The second-order valence-electron chi connectivity index (χ2n) is 8.70. The third-order valence-electron chi connectivity index (χ3n) is 6.26. The van der Waals surface area contributed by atoms with E-state index < -0.39 is 0 Å². The van der Waals surface area contributed by atoms with E-state index in [-0.39, 0.29) is 5.91 Å². The molecule has 0 spiro atoms. The second kappa shape index (κ2) is 9.21. The molecule has 6 rings (SSSR count). The van der Waals surface area contributed by atoms with E-state index in [9.17, 15) is 4.79 Å². The maximum absolute atomic E-state index is 11.5. The van der Waals surface area contributed by atoms with Gasteiger partial charge in [0.2, 0.25) is 5.91 Å². The van der Waals surface area contributed by atoms with Crippen molar-refractivity contribution in [3.8, 4) is 11.4 Å². The molecule has 3 aromatic heterocycles. The van der Waals surface area contributed by atoms with Crippen LogP contribution < -0.4 is 15.1 Å². The lowest BCUT2D eigenvalue weighted by atomic mass is 10.1. The minimum absolute atomic E-state index is 0.0951. The van der Waals surface area contributed by atoms with Crippen molar-refractivity contribution in [1.82, 2.24) is 20.2 Å². The van der Waals surface area contributed by atoms with Gasteiger partial charge < -0.3 is 19.9 Å². The Labute approximate surface area is 211 Å². The predicted molar refractivity (Wildman–Crippen MR) is 144 cm³/mol. The molecule has 4 heterocycles. The molecule has 36 heavy (non-hydrogen) atoms. The molecule has 1 amide bonds. The summed E-state index contributed by atoms with van der Waals surface area (Å²) in [5, 5.41) is 12.1. The molecule has 1 fully saturated rings. The Hall–Kier alpha value is -4.02. The number of carbonyl (C=O) groups excluding carboxylic acids is 1. The van der Waals surface area contributed by atoms with Crippen LogP contribution in [0.3, 0.4) is 0 Å². The van der Waals surface area contributed by atoms with Gasteiger partial charge in [-0.3, -0.25) is 9.89 Å². The molecule has 5 aromatic rings. The van der Waals surface area contributed by atoms with E-state index in [0.717, 1.165) is 62.0 Å². The lowest BCUT2D eigenvalue weighted by Gasteiger charge is -2.28. The molecule has 1 aliphatic rings. The summed E-state index contributed by atoms with van der Waals surface area (Å²) in [6.45, 7) is 4.42. The summed E-state index contributed by atoms with van der Waals surface area (Å²) in [5.74, 6) is 1.51. The molecule has 0 atom stereocenters. The molecule has 2 aromatic carbocycles. The molecule has 0 radical (unpaired) electrons. The van der Waals surface area contributed by atoms with Crippen molar-refractivity contribution in [3.05, 3.63) is 54.7 Å². The fourth-order valence-electron chi connectivity index (χ4n) is 4.46. The number of fused-ring (bicyclic) bond motifs is 2. The van der Waals surface area contributed by atoms with Gasteiger partial charge in [-0.05, 0) is 30.3 Å². The Morgan fingerprint density at radius 1 is 1.14 bits per heavy atom. The maximum Gasteiger partial charge on any atom is 0.221 e. The first-order chi connectivity index (χ1) is 17.6. The second-order valence-corrected chi connectivity index (χ2v) is 9.73. The highest BCUT2D eigenvalue weighted by Crippen LogP contribution is 2.41. The zero-order valence-corrected chi connectivity index (χ0v) is 20.8. The van der Waals surface area contributed by atoms with E-state index in [1.165, 1.54) is 6.92 Å². The standard InChI is InChI=1S/C26H25N7O2S/c1-16(34)28-17-5-3-6-18(13-17)32(2)23-14-22-24(36-23)26(33-9-11-35-12-10-33)30-25(29-22)19-7-4-8-21-20(19)15-27-31-21/h3-8,13-15H,9-12H2,1-2H3,(H,27,31)(H,28,34). The summed E-state index contributed by atoms with van der Waals surface area (Å²) in [6, 6.07) is 15.9. The van der Waals surface area contributed by atoms with E-state index >= 15 is 0 Å². The summed E-state index contributed by atoms with van der Waals surface area (Å²) < 4.78 is 6.64. The minimum Gasteiger partial charge on any atom is -0.378 e. The number of H-pyrrole nitrogens is 1. The van der Waals surface area contributed by atoms with Crippen molar-refractivity contribution < 1.29 is 9.53 Å². The van der Waals surface area contributed by atoms with Crippen LogP contribution in [0.1, 0.15) is 6.92 Å². The molecule has 182 valence electrons. The topological polar surface area (TPSA) is 99.3 Å². The number of benzene rings is 2. The van der Waals surface area contributed by atoms with E-state index in [4.69, 9.17) is 14.7 Å². The number of hydrogen-bond donors (Lipinski definition) is 2. The summed E-state index contributed by atoms with van der Waals surface area (Å²) >= 11 is 1.66. The molecule has 10 heteroatoms. The number of nitrogens with zero attached hydrogens (tertiary/aromatic N) is 5. The van der Waals surface area contributed by atoms with Gasteiger partial charge in [0.1, 0.15) is 0 Å². The molecule has 0 unspecified atom stereocenters. The largest absolute Gasteiger partial charge is 0.378 e. The summed E-state index contributed by atoms with van der Waals surface area (Å²) in [4.78, 5) is 26.0. The summed E-state index contributed by atoms with van der Waals surface area (Å²) in [7, 11) is 2.02.